The zero-order chi connectivity index (χ0) is 11.3. The molecule has 84 valence electrons. The largest absolute Gasteiger partial charge is 0.395 e. The molecule has 1 rings (SSSR count). The molecule has 1 aromatic rings. The van der Waals surface area contributed by atoms with Crippen LogP contribution in [0.1, 0.15) is 5.56 Å². The lowest BCUT2D eigenvalue weighted by Crippen LogP contribution is -2.36. The summed E-state index contributed by atoms with van der Waals surface area (Å²) in [5, 5.41) is 11.6. The van der Waals surface area contributed by atoms with E-state index in [4.69, 9.17) is 10.8 Å². The molecule has 0 fully saturated rings. The van der Waals surface area contributed by atoms with E-state index in [1.807, 2.05) is 0 Å². The summed E-state index contributed by atoms with van der Waals surface area (Å²) >= 11 is 0. The number of rotatable bonds is 5. The fraction of sp³-hybridized carbons (Fsp3) is 0.400. The number of nitrogens with one attached hydrogen (secondary N) is 1. The minimum atomic E-state index is -0.860. The van der Waals surface area contributed by atoms with Crippen molar-refractivity contribution in [3.05, 3.63) is 35.4 Å². The van der Waals surface area contributed by atoms with Gasteiger partial charge in [-0.1, -0.05) is 6.07 Å². The molecule has 4 N–H and O–H groups in total. The third-order valence-electron chi connectivity index (χ3n) is 1.95. The van der Waals surface area contributed by atoms with Crippen LogP contribution in [0.15, 0.2) is 18.2 Å². The maximum absolute atomic E-state index is 12.8. The second-order valence-corrected chi connectivity index (χ2v) is 3.32. The zero-order valence-corrected chi connectivity index (χ0v) is 8.21. The molecular weight excluding hydrogens is 202 g/mol. The van der Waals surface area contributed by atoms with Crippen molar-refractivity contribution in [3.8, 4) is 0 Å². The number of aliphatic hydroxyl groups is 1. The van der Waals surface area contributed by atoms with Crippen LogP contribution in [0.2, 0.25) is 0 Å². The highest BCUT2D eigenvalue weighted by molar-refractivity contribution is 5.17. The van der Waals surface area contributed by atoms with E-state index in [-0.39, 0.29) is 12.6 Å². The monoisotopic (exact) mass is 216 g/mol. The molecule has 0 aromatic heterocycles. The number of halogens is 2. The third-order valence-corrected chi connectivity index (χ3v) is 1.95. The molecule has 0 saturated carbocycles. The maximum atomic E-state index is 12.8. The quantitative estimate of drug-likeness (QED) is 0.666. The topological polar surface area (TPSA) is 58.3 Å². The van der Waals surface area contributed by atoms with E-state index >= 15 is 0 Å². The number of hydrogen-bond acceptors (Lipinski definition) is 3. The van der Waals surface area contributed by atoms with Crippen molar-refractivity contribution in [2.24, 2.45) is 5.73 Å². The average molecular weight is 216 g/mol. The molecular formula is C10H14F2N2O. The summed E-state index contributed by atoms with van der Waals surface area (Å²) in [7, 11) is 0. The van der Waals surface area contributed by atoms with Crippen LogP contribution in [0.4, 0.5) is 8.78 Å². The molecule has 1 unspecified atom stereocenters. The Kier molecular flexibility index (Phi) is 4.61. The standard InChI is InChI=1S/C10H14F2N2O/c11-9-2-1-7(3-10(9)12)4-14-5-8(13)6-15/h1-3,8,14-15H,4-6,13H2. The SMILES string of the molecule is NC(CO)CNCc1ccc(F)c(F)c1. The smallest absolute Gasteiger partial charge is 0.159 e. The summed E-state index contributed by atoms with van der Waals surface area (Å²) in [6.07, 6.45) is 0. The van der Waals surface area contributed by atoms with Gasteiger partial charge in [0, 0.05) is 19.1 Å². The molecule has 0 aliphatic carbocycles. The van der Waals surface area contributed by atoms with Gasteiger partial charge in [-0.25, -0.2) is 8.78 Å². The second kappa shape index (κ2) is 5.75. The average Bonchev–Trinajstić information content (AvgIpc) is 2.23. The molecule has 0 aliphatic rings. The van der Waals surface area contributed by atoms with Gasteiger partial charge < -0.3 is 16.2 Å². The third kappa shape index (κ3) is 3.91. The highest BCUT2D eigenvalue weighted by Gasteiger charge is 2.03. The minimum absolute atomic E-state index is 0.106. The van der Waals surface area contributed by atoms with Gasteiger partial charge in [0.1, 0.15) is 0 Å². The van der Waals surface area contributed by atoms with E-state index in [0.717, 1.165) is 12.1 Å². The molecule has 0 amide bonds. The van der Waals surface area contributed by atoms with Gasteiger partial charge in [0.05, 0.1) is 6.61 Å². The Bertz CT molecular complexity index is 320. The first-order valence-corrected chi connectivity index (χ1v) is 4.64. The second-order valence-electron chi connectivity index (χ2n) is 3.32. The summed E-state index contributed by atoms with van der Waals surface area (Å²) in [5.74, 6) is -1.72. The van der Waals surface area contributed by atoms with E-state index < -0.39 is 11.6 Å². The van der Waals surface area contributed by atoms with E-state index in [1.54, 1.807) is 0 Å². The van der Waals surface area contributed by atoms with Crippen LogP contribution >= 0.6 is 0 Å². The van der Waals surface area contributed by atoms with Crippen LogP contribution in [-0.2, 0) is 6.54 Å². The Morgan fingerprint density at radius 3 is 2.67 bits per heavy atom. The van der Waals surface area contributed by atoms with Crippen molar-refractivity contribution in [2.45, 2.75) is 12.6 Å². The number of benzene rings is 1. The Labute approximate surface area is 86.9 Å². The summed E-state index contributed by atoms with van der Waals surface area (Å²) in [6, 6.07) is 3.37. The minimum Gasteiger partial charge on any atom is -0.395 e. The Hall–Kier alpha value is -1.04. The first-order valence-electron chi connectivity index (χ1n) is 4.64. The molecule has 0 spiro atoms. The van der Waals surface area contributed by atoms with Crippen LogP contribution in [0, 0.1) is 11.6 Å². The van der Waals surface area contributed by atoms with Gasteiger partial charge in [-0.3, -0.25) is 0 Å². The van der Waals surface area contributed by atoms with E-state index in [9.17, 15) is 8.78 Å². The van der Waals surface area contributed by atoms with E-state index in [0.29, 0.717) is 18.7 Å². The van der Waals surface area contributed by atoms with Crippen molar-refractivity contribution in [1.29, 1.82) is 0 Å². The lowest BCUT2D eigenvalue weighted by atomic mass is 10.2. The Morgan fingerprint density at radius 2 is 2.07 bits per heavy atom. The van der Waals surface area contributed by atoms with Gasteiger partial charge in [-0.05, 0) is 17.7 Å². The summed E-state index contributed by atoms with van der Waals surface area (Å²) in [5.41, 5.74) is 6.08. The van der Waals surface area contributed by atoms with Crippen molar-refractivity contribution in [2.75, 3.05) is 13.2 Å². The first-order chi connectivity index (χ1) is 7.13. The van der Waals surface area contributed by atoms with Gasteiger partial charge in [-0.15, -0.1) is 0 Å². The first kappa shape index (κ1) is 12.0. The van der Waals surface area contributed by atoms with Crippen LogP contribution in [0.3, 0.4) is 0 Å². The number of hydrogen-bond donors (Lipinski definition) is 3. The summed E-state index contributed by atoms with van der Waals surface area (Å²) < 4.78 is 25.3. The molecule has 0 saturated heterocycles. The lowest BCUT2D eigenvalue weighted by Gasteiger charge is -2.09. The van der Waals surface area contributed by atoms with Crippen molar-refractivity contribution in [1.82, 2.24) is 5.32 Å². The lowest BCUT2D eigenvalue weighted by molar-refractivity contribution is 0.262. The predicted octanol–water partition coefficient (Wildman–Crippen LogP) is 0.374. The van der Waals surface area contributed by atoms with E-state index in [2.05, 4.69) is 5.32 Å². The summed E-state index contributed by atoms with van der Waals surface area (Å²) in [6.45, 7) is 0.713. The van der Waals surface area contributed by atoms with Gasteiger partial charge in [0.15, 0.2) is 11.6 Å². The summed E-state index contributed by atoms with van der Waals surface area (Å²) in [4.78, 5) is 0. The normalized spacial score (nSPS) is 12.8. The molecule has 0 radical (unpaired) electrons. The van der Waals surface area contributed by atoms with Gasteiger partial charge in [0.25, 0.3) is 0 Å². The predicted molar refractivity (Wildman–Crippen MR) is 53.1 cm³/mol. The van der Waals surface area contributed by atoms with Crippen LogP contribution in [-0.4, -0.2) is 24.3 Å². The van der Waals surface area contributed by atoms with Crippen molar-refractivity contribution >= 4 is 0 Å². The highest BCUT2D eigenvalue weighted by Crippen LogP contribution is 2.08. The zero-order valence-electron chi connectivity index (χ0n) is 8.21. The molecule has 0 bridgehead atoms. The molecule has 3 nitrogen and oxygen atoms in total. The molecule has 0 aliphatic heterocycles. The van der Waals surface area contributed by atoms with Gasteiger partial charge in [0.2, 0.25) is 0 Å². The molecule has 1 aromatic carbocycles. The molecule has 5 heteroatoms. The van der Waals surface area contributed by atoms with Gasteiger partial charge >= 0.3 is 0 Å². The molecule has 1 atom stereocenters. The van der Waals surface area contributed by atoms with Gasteiger partial charge in [-0.2, -0.15) is 0 Å². The number of nitrogens with two attached hydrogens (primary N) is 1. The van der Waals surface area contributed by atoms with Crippen molar-refractivity contribution in [3.63, 3.8) is 0 Å². The van der Waals surface area contributed by atoms with Crippen LogP contribution < -0.4 is 11.1 Å². The molecule has 15 heavy (non-hydrogen) atoms. The van der Waals surface area contributed by atoms with Crippen LogP contribution in [0.5, 0.6) is 0 Å². The van der Waals surface area contributed by atoms with Crippen LogP contribution in [0.25, 0.3) is 0 Å². The number of aliphatic hydroxyl groups excluding tert-OH is 1. The fourth-order valence-corrected chi connectivity index (χ4v) is 1.12. The fourth-order valence-electron chi connectivity index (χ4n) is 1.12. The van der Waals surface area contributed by atoms with E-state index in [1.165, 1.54) is 6.07 Å². The molecule has 0 heterocycles. The van der Waals surface area contributed by atoms with Crippen molar-refractivity contribution < 1.29 is 13.9 Å². The Balaban J connectivity index is 2.41. The Morgan fingerprint density at radius 1 is 1.33 bits per heavy atom. The maximum Gasteiger partial charge on any atom is 0.159 e. The highest BCUT2D eigenvalue weighted by atomic mass is 19.2.